The zero-order valence-corrected chi connectivity index (χ0v) is 12.9. The monoisotopic (exact) mass is 323 g/mol. The minimum absolute atomic E-state index is 0.0818. The minimum Gasteiger partial charge on any atom is -0.312 e. The highest BCUT2D eigenvalue weighted by Crippen LogP contribution is 2.35. The number of hydrogen-bond donors (Lipinski definition) is 2. The molecule has 7 nitrogen and oxygen atoms in total. The summed E-state index contributed by atoms with van der Waals surface area (Å²) in [4.78, 5) is 1.10. The number of nitriles is 1. The molecule has 1 aliphatic heterocycles. The van der Waals surface area contributed by atoms with Crippen molar-refractivity contribution in [1.29, 1.82) is 5.26 Å². The second-order valence-electron chi connectivity index (χ2n) is 4.70. The van der Waals surface area contributed by atoms with E-state index in [2.05, 4.69) is 21.2 Å². The lowest BCUT2D eigenvalue weighted by molar-refractivity contribution is 0.601. The summed E-state index contributed by atoms with van der Waals surface area (Å²) in [6.45, 7) is 1.47. The van der Waals surface area contributed by atoms with Gasteiger partial charge in [0.05, 0.1) is 11.8 Å². The molecule has 0 atom stereocenters. The molecule has 0 bridgehead atoms. The van der Waals surface area contributed by atoms with Crippen molar-refractivity contribution >= 4 is 26.4 Å². The van der Waals surface area contributed by atoms with Crippen LogP contribution >= 0.6 is 11.3 Å². The lowest BCUT2D eigenvalue weighted by Crippen LogP contribution is -2.22. The van der Waals surface area contributed by atoms with E-state index in [4.69, 9.17) is 0 Å². The molecular weight excluding hydrogens is 310 g/mol. The van der Waals surface area contributed by atoms with E-state index in [1.807, 2.05) is 0 Å². The Labute approximate surface area is 126 Å². The minimum atomic E-state index is -3.72. The predicted octanol–water partition coefficient (Wildman–Crippen LogP) is 0.800. The van der Waals surface area contributed by atoms with Crippen LogP contribution in [0.5, 0.6) is 0 Å². The zero-order chi connectivity index (χ0) is 15.0. The summed E-state index contributed by atoms with van der Waals surface area (Å²) in [6, 6.07) is 2.12. The van der Waals surface area contributed by atoms with Gasteiger partial charge in [-0.15, -0.1) is 11.3 Å². The molecule has 0 saturated carbocycles. The summed E-state index contributed by atoms with van der Waals surface area (Å²) in [5.41, 5.74) is 1.38. The van der Waals surface area contributed by atoms with E-state index in [9.17, 15) is 13.7 Å². The van der Waals surface area contributed by atoms with E-state index in [1.54, 1.807) is 7.05 Å². The first-order valence-corrected chi connectivity index (χ1v) is 8.58. The Hall–Kier alpha value is -1.89. The van der Waals surface area contributed by atoms with Crippen molar-refractivity contribution in [3.05, 3.63) is 28.4 Å². The number of aryl methyl sites for hydroxylation is 1. The number of nitrogens with zero attached hydrogens (tertiary/aromatic N) is 3. The molecule has 0 fully saturated rings. The van der Waals surface area contributed by atoms with Crippen LogP contribution in [0.1, 0.15) is 16.0 Å². The molecule has 2 aromatic heterocycles. The van der Waals surface area contributed by atoms with Crippen LogP contribution < -0.4 is 10.0 Å². The smallest absolute Gasteiger partial charge is 0.265 e. The van der Waals surface area contributed by atoms with Gasteiger partial charge in [0.25, 0.3) is 10.0 Å². The van der Waals surface area contributed by atoms with Crippen molar-refractivity contribution < 1.29 is 8.42 Å². The van der Waals surface area contributed by atoms with Gasteiger partial charge < -0.3 is 5.32 Å². The SMILES string of the molecule is Cn1cc(S(=O)(=O)Nc2sc3c(c2C#N)CCNC3)cn1. The molecule has 0 unspecified atom stereocenters. The van der Waals surface area contributed by atoms with Gasteiger partial charge in [0, 0.05) is 24.7 Å². The summed E-state index contributed by atoms with van der Waals surface area (Å²) in [7, 11) is -2.07. The molecule has 9 heteroatoms. The summed E-state index contributed by atoms with van der Waals surface area (Å²) < 4.78 is 28.6. The van der Waals surface area contributed by atoms with Gasteiger partial charge >= 0.3 is 0 Å². The first-order valence-electron chi connectivity index (χ1n) is 6.28. The Balaban J connectivity index is 1.99. The molecule has 0 aromatic carbocycles. The van der Waals surface area contributed by atoms with E-state index in [0.717, 1.165) is 23.4 Å². The summed E-state index contributed by atoms with van der Waals surface area (Å²) in [5, 5.41) is 16.8. The maximum atomic E-state index is 12.3. The molecule has 2 N–H and O–H groups in total. The molecule has 0 saturated heterocycles. The topological polar surface area (TPSA) is 99.8 Å². The molecule has 0 radical (unpaired) electrons. The number of aromatic nitrogens is 2. The molecule has 0 aliphatic carbocycles. The van der Waals surface area contributed by atoms with Crippen LogP contribution in [0.15, 0.2) is 17.3 Å². The number of hydrogen-bond acceptors (Lipinski definition) is 6. The van der Waals surface area contributed by atoms with Gasteiger partial charge in [-0.3, -0.25) is 9.40 Å². The van der Waals surface area contributed by atoms with Gasteiger partial charge in [-0.2, -0.15) is 10.4 Å². The molecule has 0 spiro atoms. The number of fused-ring (bicyclic) bond motifs is 1. The summed E-state index contributed by atoms with van der Waals surface area (Å²) >= 11 is 1.31. The van der Waals surface area contributed by atoms with Crippen LogP contribution in [0.3, 0.4) is 0 Å². The van der Waals surface area contributed by atoms with Crippen LogP contribution in [0.2, 0.25) is 0 Å². The van der Waals surface area contributed by atoms with Crippen LogP contribution in [-0.2, 0) is 30.0 Å². The Morgan fingerprint density at radius 3 is 3.05 bits per heavy atom. The Morgan fingerprint density at radius 1 is 1.57 bits per heavy atom. The van der Waals surface area contributed by atoms with Crippen molar-refractivity contribution in [2.75, 3.05) is 11.3 Å². The third-order valence-corrected chi connectivity index (χ3v) is 5.84. The van der Waals surface area contributed by atoms with Crippen molar-refractivity contribution in [2.45, 2.75) is 17.9 Å². The van der Waals surface area contributed by atoms with Crippen LogP contribution in [0, 0.1) is 11.3 Å². The van der Waals surface area contributed by atoms with E-state index >= 15 is 0 Å². The quantitative estimate of drug-likeness (QED) is 0.870. The average molecular weight is 323 g/mol. The van der Waals surface area contributed by atoms with Crippen LogP contribution in [0.4, 0.5) is 5.00 Å². The van der Waals surface area contributed by atoms with Gasteiger partial charge in [-0.1, -0.05) is 0 Å². The second kappa shape index (κ2) is 5.14. The highest BCUT2D eigenvalue weighted by Gasteiger charge is 2.24. The van der Waals surface area contributed by atoms with Crippen molar-refractivity contribution in [1.82, 2.24) is 15.1 Å². The highest BCUT2D eigenvalue weighted by atomic mass is 32.2. The number of rotatable bonds is 3. The Kier molecular flexibility index (Phi) is 3.44. The number of anilines is 1. The van der Waals surface area contributed by atoms with Crippen molar-refractivity contribution in [3.8, 4) is 6.07 Å². The summed E-state index contributed by atoms with van der Waals surface area (Å²) in [6.07, 6.45) is 3.44. The third-order valence-electron chi connectivity index (χ3n) is 3.26. The molecule has 3 heterocycles. The normalized spacial score (nSPS) is 14.5. The van der Waals surface area contributed by atoms with Gasteiger partial charge in [-0.25, -0.2) is 8.42 Å². The first kappa shape index (κ1) is 14.1. The maximum Gasteiger partial charge on any atom is 0.265 e. The third kappa shape index (κ3) is 2.53. The molecule has 0 amide bonds. The fourth-order valence-electron chi connectivity index (χ4n) is 2.24. The average Bonchev–Trinajstić information content (AvgIpc) is 3.01. The standard InChI is InChI=1S/C12H13N5O2S2/c1-17-7-8(5-15-17)21(18,19)16-12-10(4-13)9-2-3-14-6-11(9)20-12/h5,7,14,16H,2-3,6H2,1H3. The van der Waals surface area contributed by atoms with Crippen LogP contribution in [-0.4, -0.2) is 24.7 Å². The van der Waals surface area contributed by atoms with Crippen LogP contribution in [0.25, 0.3) is 0 Å². The summed E-state index contributed by atoms with van der Waals surface area (Å²) in [5.74, 6) is 0. The highest BCUT2D eigenvalue weighted by molar-refractivity contribution is 7.93. The van der Waals surface area contributed by atoms with Gasteiger partial charge in [0.1, 0.15) is 16.0 Å². The van der Waals surface area contributed by atoms with Gasteiger partial charge in [-0.05, 0) is 18.5 Å². The molecular formula is C12H13N5O2S2. The Bertz CT molecular complexity index is 828. The molecule has 1 aliphatic rings. The number of sulfonamides is 1. The van der Waals surface area contributed by atoms with Crippen molar-refractivity contribution in [3.63, 3.8) is 0 Å². The number of thiophene rings is 1. The van der Waals surface area contributed by atoms with E-state index in [-0.39, 0.29) is 4.90 Å². The van der Waals surface area contributed by atoms with E-state index in [0.29, 0.717) is 17.1 Å². The lowest BCUT2D eigenvalue weighted by atomic mass is 10.1. The van der Waals surface area contributed by atoms with Gasteiger partial charge in [0.15, 0.2) is 0 Å². The zero-order valence-electron chi connectivity index (χ0n) is 11.3. The second-order valence-corrected chi connectivity index (χ2v) is 7.49. The molecule has 3 rings (SSSR count). The van der Waals surface area contributed by atoms with Gasteiger partial charge in [0.2, 0.25) is 0 Å². The predicted molar refractivity (Wildman–Crippen MR) is 78.5 cm³/mol. The fraction of sp³-hybridized carbons (Fsp3) is 0.333. The Morgan fingerprint density at radius 2 is 2.38 bits per heavy atom. The lowest BCUT2D eigenvalue weighted by Gasteiger charge is -2.11. The van der Waals surface area contributed by atoms with Crippen molar-refractivity contribution in [2.24, 2.45) is 7.05 Å². The largest absolute Gasteiger partial charge is 0.312 e. The number of nitrogens with one attached hydrogen (secondary N) is 2. The maximum absolute atomic E-state index is 12.3. The first-order chi connectivity index (χ1) is 10.0. The van der Waals surface area contributed by atoms with E-state index in [1.165, 1.54) is 28.4 Å². The molecule has 2 aromatic rings. The molecule has 21 heavy (non-hydrogen) atoms. The van der Waals surface area contributed by atoms with E-state index < -0.39 is 10.0 Å². The fourth-order valence-corrected chi connectivity index (χ4v) is 4.70. The molecule has 110 valence electrons.